The van der Waals surface area contributed by atoms with Crippen molar-refractivity contribution in [1.82, 2.24) is 5.32 Å². The van der Waals surface area contributed by atoms with E-state index in [1.807, 2.05) is 0 Å². The Hall–Kier alpha value is -4.07. The first-order valence-corrected chi connectivity index (χ1v) is 8.46. The van der Waals surface area contributed by atoms with Crippen LogP contribution in [-0.2, 0) is 9.59 Å². The maximum absolute atomic E-state index is 13.9. The second-order valence-corrected chi connectivity index (χ2v) is 6.12. The second kappa shape index (κ2) is 7.16. The maximum atomic E-state index is 13.9. The Bertz CT molecular complexity index is 1170. The van der Waals surface area contributed by atoms with E-state index in [0.717, 1.165) is 23.1 Å². The summed E-state index contributed by atoms with van der Waals surface area (Å²) in [6.07, 6.45) is 1.16. The number of hydrogen-bond donors (Lipinski definition) is 1. The first-order valence-electron chi connectivity index (χ1n) is 8.46. The summed E-state index contributed by atoms with van der Waals surface area (Å²) in [5, 5.41) is 2.10. The minimum Gasteiger partial charge on any atom is -0.457 e. The van der Waals surface area contributed by atoms with Crippen molar-refractivity contribution in [1.29, 1.82) is 0 Å². The summed E-state index contributed by atoms with van der Waals surface area (Å²) in [5.74, 6) is -3.06. The minimum atomic E-state index is -0.877. The highest BCUT2D eigenvalue weighted by atomic mass is 19.1. The van der Waals surface area contributed by atoms with Crippen molar-refractivity contribution in [2.24, 2.45) is 0 Å². The van der Waals surface area contributed by atoms with Crippen LogP contribution in [0.25, 0.3) is 17.4 Å². The number of carbonyl (C=O) groups is 3. The highest BCUT2D eigenvalue weighted by Gasteiger charge is 2.37. The van der Waals surface area contributed by atoms with Gasteiger partial charge < -0.3 is 4.42 Å². The quantitative estimate of drug-likeness (QED) is 0.540. The average Bonchev–Trinajstić information content (AvgIpc) is 3.14. The molecule has 2 heterocycles. The molecule has 0 bridgehead atoms. The summed E-state index contributed by atoms with van der Waals surface area (Å²) < 4.78 is 32.5. The van der Waals surface area contributed by atoms with Gasteiger partial charge in [-0.15, -0.1) is 0 Å². The summed E-state index contributed by atoms with van der Waals surface area (Å²) in [6, 6.07) is 13.1. The Labute approximate surface area is 163 Å². The lowest BCUT2D eigenvalue weighted by Gasteiger charge is -2.26. The summed E-state index contributed by atoms with van der Waals surface area (Å²) >= 11 is 0. The molecular weight excluding hydrogens is 382 g/mol. The van der Waals surface area contributed by atoms with Crippen LogP contribution >= 0.6 is 0 Å². The van der Waals surface area contributed by atoms with Crippen molar-refractivity contribution in [3.05, 3.63) is 83.6 Å². The Morgan fingerprint density at radius 3 is 2.41 bits per heavy atom. The van der Waals surface area contributed by atoms with Gasteiger partial charge in [-0.1, -0.05) is 18.2 Å². The fourth-order valence-corrected chi connectivity index (χ4v) is 2.88. The predicted octanol–water partition coefficient (Wildman–Crippen LogP) is 3.89. The molecule has 1 aromatic heterocycles. The molecule has 1 aliphatic heterocycles. The van der Waals surface area contributed by atoms with Gasteiger partial charge in [0.25, 0.3) is 11.8 Å². The van der Waals surface area contributed by atoms with Gasteiger partial charge in [-0.05, 0) is 42.5 Å². The van der Waals surface area contributed by atoms with E-state index in [1.54, 1.807) is 30.3 Å². The largest absolute Gasteiger partial charge is 0.457 e. The summed E-state index contributed by atoms with van der Waals surface area (Å²) in [6.45, 7) is 0. The molecule has 6 nitrogen and oxygen atoms in total. The molecule has 0 spiro atoms. The van der Waals surface area contributed by atoms with E-state index in [0.29, 0.717) is 5.69 Å². The molecule has 144 valence electrons. The minimum absolute atomic E-state index is 0.0246. The van der Waals surface area contributed by atoms with Crippen LogP contribution in [0.2, 0.25) is 0 Å². The highest BCUT2D eigenvalue weighted by molar-refractivity contribution is 6.39. The molecule has 0 aliphatic carbocycles. The zero-order chi connectivity index (χ0) is 20.5. The number of para-hydroxylation sites is 1. The molecule has 8 heteroatoms. The normalized spacial score (nSPS) is 15.7. The van der Waals surface area contributed by atoms with Crippen LogP contribution in [0, 0.1) is 11.6 Å². The summed E-state index contributed by atoms with van der Waals surface area (Å²) in [5.41, 5.74) is -0.00703. The van der Waals surface area contributed by atoms with Gasteiger partial charge in [-0.2, -0.15) is 0 Å². The third kappa shape index (κ3) is 3.43. The Kier molecular flexibility index (Phi) is 4.52. The van der Waals surface area contributed by atoms with Crippen molar-refractivity contribution < 1.29 is 27.6 Å². The van der Waals surface area contributed by atoms with Gasteiger partial charge in [0.15, 0.2) is 0 Å². The number of nitrogens with one attached hydrogen (secondary N) is 1. The lowest BCUT2D eigenvalue weighted by molar-refractivity contribution is -0.122. The molecule has 4 amide bonds. The molecule has 4 rings (SSSR count). The van der Waals surface area contributed by atoms with Gasteiger partial charge in [0.05, 0.1) is 11.3 Å². The molecule has 3 aromatic rings. The highest BCUT2D eigenvalue weighted by Crippen LogP contribution is 2.27. The van der Waals surface area contributed by atoms with E-state index in [2.05, 4.69) is 5.32 Å². The van der Waals surface area contributed by atoms with Crippen molar-refractivity contribution in [2.45, 2.75) is 0 Å². The number of benzene rings is 2. The monoisotopic (exact) mass is 394 g/mol. The molecule has 0 unspecified atom stereocenters. The van der Waals surface area contributed by atoms with E-state index in [4.69, 9.17) is 4.42 Å². The zero-order valence-corrected chi connectivity index (χ0v) is 14.7. The van der Waals surface area contributed by atoms with E-state index in [9.17, 15) is 23.2 Å². The van der Waals surface area contributed by atoms with E-state index < -0.39 is 29.5 Å². The molecule has 2 aromatic carbocycles. The van der Waals surface area contributed by atoms with Gasteiger partial charge >= 0.3 is 6.03 Å². The standard InChI is InChI=1S/C21H12F2N2O4/c22-12-6-8-15(17(23)10-12)18-9-7-14(29-18)11-16-19(26)24-21(28)25(20(16)27)13-4-2-1-3-5-13/h1-11H,(H,24,26,28)/b16-11+. The topological polar surface area (TPSA) is 79.6 Å². The van der Waals surface area contributed by atoms with E-state index in [1.165, 1.54) is 18.2 Å². The van der Waals surface area contributed by atoms with Crippen molar-refractivity contribution >= 4 is 29.6 Å². The number of imide groups is 2. The number of amides is 4. The van der Waals surface area contributed by atoms with Crippen molar-refractivity contribution in [3.8, 4) is 11.3 Å². The molecule has 29 heavy (non-hydrogen) atoms. The van der Waals surface area contributed by atoms with E-state index in [-0.39, 0.29) is 22.7 Å². The number of anilines is 1. The van der Waals surface area contributed by atoms with Gasteiger partial charge in [0.2, 0.25) is 0 Å². The van der Waals surface area contributed by atoms with Crippen LogP contribution in [0.4, 0.5) is 19.3 Å². The fraction of sp³-hybridized carbons (Fsp3) is 0. The zero-order valence-electron chi connectivity index (χ0n) is 14.7. The Balaban J connectivity index is 1.68. The Morgan fingerprint density at radius 2 is 1.69 bits per heavy atom. The van der Waals surface area contributed by atoms with Crippen molar-refractivity contribution in [2.75, 3.05) is 4.90 Å². The Morgan fingerprint density at radius 1 is 0.931 bits per heavy atom. The molecule has 0 radical (unpaired) electrons. The van der Waals surface area contributed by atoms with Crippen LogP contribution in [-0.4, -0.2) is 17.8 Å². The van der Waals surface area contributed by atoms with Gasteiger partial charge in [-0.25, -0.2) is 18.5 Å². The number of halogens is 2. The SMILES string of the molecule is O=C1NC(=O)N(c2ccccc2)C(=O)/C1=C/c1ccc(-c2ccc(F)cc2F)o1. The fourth-order valence-electron chi connectivity index (χ4n) is 2.88. The smallest absolute Gasteiger partial charge is 0.335 e. The maximum Gasteiger partial charge on any atom is 0.335 e. The number of urea groups is 1. The summed E-state index contributed by atoms with van der Waals surface area (Å²) in [7, 11) is 0. The second-order valence-electron chi connectivity index (χ2n) is 6.12. The average molecular weight is 394 g/mol. The molecule has 0 atom stereocenters. The van der Waals surface area contributed by atoms with Crippen LogP contribution in [0.5, 0.6) is 0 Å². The number of hydrogen-bond acceptors (Lipinski definition) is 4. The molecule has 1 N–H and O–H groups in total. The third-order valence-electron chi connectivity index (χ3n) is 4.23. The molecule has 1 saturated heterocycles. The first kappa shape index (κ1) is 18.3. The van der Waals surface area contributed by atoms with Crippen LogP contribution in [0.15, 0.2) is 70.7 Å². The van der Waals surface area contributed by atoms with Gasteiger partial charge in [-0.3, -0.25) is 14.9 Å². The van der Waals surface area contributed by atoms with Crippen LogP contribution in [0.3, 0.4) is 0 Å². The van der Waals surface area contributed by atoms with Crippen LogP contribution in [0.1, 0.15) is 5.76 Å². The van der Waals surface area contributed by atoms with E-state index >= 15 is 0 Å². The number of rotatable bonds is 3. The number of nitrogens with zero attached hydrogens (tertiary/aromatic N) is 1. The van der Waals surface area contributed by atoms with Crippen molar-refractivity contribution in [3.63, 3.8) is 0 Å². The van der Waals surface area contributed by atoms with Crippen LogP contribution < -0.4 is 10.2 Å². The number of furan rings is 1. The van der Waals surface area contributed by atoms with Gasteiger partial charge in [0, 0.05) is 6.07 Å². The summed E-state index contributed by atoms with van der Waals surface area (Å²) in [4.78, 5) is 37.9. The lowest BCUT2D eigenvalue weighted by atomic mass is 10.1. The molecule has 1 aliphatic rings. The molecular formula is C21H12F2N2O4. The molecule has 1 fully saturated rings. The predicted molar refractivity (Wildman–Crippen MR) is 99.5 cm³/mol. The number of barbiturate groups is 1. The molecule has 0 saturated carbocycles. The number of carbonyl (C=O) groups excluding carboxylic acids is 3. The lowest BCUT2D eigenvalue weighted by Crippen LogP contribution is -2.54. The third-order valence-corrected chi connectivity index (χ3v) is 4.23. The van der Waals surface area contributed by atoms with Gasteiger partial charge in [0.1, 0.15) is 28.7 Å². The first-order chi connectivity index (χ1) is 13.9.